The molecule has 1 aliphatic rings. The van der Waals surface area contributed by atoms with Crippen LogP contribution in [0.25, 0.3) is 0 Å². The predicted molar refractivity (Wildman–Crippen MR) is 79.0 cm³/mol. The van der Waals surface area contributed by atoms with Crippen molar-refractivity contribution < 1.29 is 9.53 Å². The van der Waals surface area contributed by atoms with Crippen molar-refractivity contribution in [3.05, 3.63) is 23.9 Å². The minimum absolute atomic E-state index is 0.321. The summed E-state index contributed by atoms with van der Waals surface area (Å²) in [6.45, 7) is 4.23. The Morgan fingerprint density at radius 2 is 2.35 bits per heavy atom. The van der Waals surface area contributed by atoms with Gasteiger partial charge in [0.15, 0.2) is 0 Å². The SMILES string of the molecule is CCOC(=O)c1ccc(NCC2CCCCN2C)nc1. The van der Waals surface area contributed by atoms with Crippen LogP contribution in [0.4, 0.5) is 5.82 Å². The number of likely N-dealkylation sites (tertiary alicyclic amines) is 1. The van der Waals surface area contributed by atoms with Crippen LogP contribution >= 0.6 is 0 Å². The fraction of sp³-hybridized carbons (Fsp3) is 0.600. The van der Waals surface area contributed by atoms with Gasteiger partial charge in [0.1, 0.15) is 5.82 Å². The highest BCUT2D eigenvalue weighted by atomic mass is 16.5. The predicted octanol–water partition coefficient (Wildman–Crippen LogP) is 2.15. The van der Waals surface area contributed by atoms with Gasteiger partial charge in [0.25, 0.3) is 0 Å². The van der Waals surface area contributed by atoms with Crippen LogP contribution in [-0.4, -0.2) is 48.6 Å². The maximum atomic E-state index is 11.5. The highest BCUT2D eigenvalue weighted by Crippen LogP contribution is 2.15. The van der Waals surface area contributed by atoms with E-state index >= 15 is 0 Å². The van der Waals surface area contributed by atoms with E-state index in [9.17, 15) is 4.79 Å². The zero-order valence-electron chi connectivity index (χ0n) is 12.3. The second-order valence-corrected chi connectivity index (χ2v) is 5.16. The van der Waals surface area contributed by atoms with Crippen LogP contribution in [0.2, 0.25) is 0 Å². The number of aromatic nitrogens is 1. The van der Waals surface area contributed by atoms with Crippen molar-refractivity contribution in [2.75, 3.05) is 32.1 Å². The van der Waals surface area contributed by atoms with Crippen LogP contribution in [0.5, 0.6) is 0 Å². The molecule has 0 spiro atoms. The van der Waals surface area contributed by atoms with Gasteiger partial charge in [-0.05, 0) is 45.5 Å². The van der Waals surface area contributed by atoms with Gasteiger partial charge in [0.05, 0.1) is 12.2 Å². The van der Waals surface area contributed by atoms with Gasteiger partial charge < -0.3 is 15.0 Å². The van der Waals surface area contributed by atoms with Gasteiger partial charge in [-0.2, -0.15) is 0 Å². The third-order valence-corrected chi connectivity index (χ3v) is 3.71. The van der Waals surface area contributed by atoms with E-state index in [-0.39, 0.29) is 5.97 Å². The molecule has 1 unspecified atom stereocenters. The Kier molecular flexibility index (Phi) is 5.35. The first kappa shape index (κ1) is 14.8. The Labute approximate surface area is 120 Å². The zero-order valence-corrected chi connectivity index (χ0v) is 12.3. The summed E-state index contributed by atoms with van der Waals surface area (Å²) in [6.07, 6.45) is 5.38. The molecule has 0 radical (unpaired) electrons. The van der Waals surface area contributed by atoms with E-state index in [4.69, 9.17) is 4.74 Å². The number of rotatable bonds is 5. The number of nitrogens with one attached hydrogen (secondary N) is 1. The second kappa shape index (κ2) is 7.24. The first-order valence-electron chi connectivity index (χ1n) is 7.28. The summed E-state index contributed by atoms with van der Waals surface area (Å²) in [4.78, 5) is 18.2. The maximum Gasteiger partial charge on any atom is 0.339 e. The van der Waals surface area contributed by atoms with Gasteiger partial charge in [-0.15, -0.1) is 0 Å². The lowest BCUT2D eigenvalue weighted by Crippen LogP contribution is -2.40. The number of hydrogen-bond acceptors (Lipinski definition) is 5. The number of carbonyl (C=O) groups is 1. The molecule has 1 N–H and O–H groups in total. The molecular weight excluding hydrogens is 254 g/mol. The average Bonchev–Trinajstić information content (AvgIpc) is 2.47. The monoisotopic (exact) mass is 277 g/mol. The Morgan fingerprint density at radius 3 is 3.00 bits per heavy atom. The molecule has 0 amide bonds. The van der Waals surface area contributed by atoms with E-state index in [1.54, 1.807) is 19.2 Å². The lowest BCUT2D eigenvalue weighted by atomic mass is 10.0. The van der Waals surface area contributed by atoms with Crippen LogP contribution in [-0.2, 0) is 4.74 Å². The van der Waals surface area contributed by atoms with Crippen LogP contribution < -0.4 is 5.32 Å². The normalized spacial score (nSPS) is 19.6. The van der Waals surface area contributed by atoms with Crippen molar-refractivity contribution in [1.82, 2.24) is 9.88 Å². The second-order valence-electron chi connectivity index (χ2n) is 5.16. The number of pyridine rings is 1. The largest absolute Gasteiger partial charge is 0.462 e. The topological polar surface area (TPSA) is 54.5 Å². The van der Waals surface area contributed by atoms with Crippen molar-refractivity contribution in [3.8, 4) is 0 Å². The third-order valence-electron chi connectivity index (χ3n) is 3.71. The smallest absolute Gasteiger partial charge is 0.339 e. The molecule has 5 nitrogen and oxygen atoms in total. The molecule has 1 atom stereocenters. The quantitative estimate of drug-likeness (QED) is 0.836. The fourth-order valence-electron chi connectivity index (χ4n) is 2.46. The van der Waals surface area contributed by atoms with Gasteiger partial charge in [-0.1, -0.05) is 6.42 Å². The Bertz CT molecular complexity index is 433. The molecule has 0 aromatic carbocycles. The lowest BCUT2D eigenvalue weighted by Gasteiger charge is -2.32. The molecule has 2 heterocycles. The summed E-state index contributed by atoms with van der Waals surface area (Å²) < 4.78 is 4.93. The van der Waals surface area contributed by atoms with E-state index in [0.29, 0.717) is 18.2 Å². The molecule has 1 aromatic heterocycles. The molecule has 1 aliphatic heterocycles. The molecule has 0 aliphatic carbocycles. The van der Waals surface area contributed by atoms with Crippen LogP contribution in [0, 0.1) is 0 Å². The molecule has 1 fully saturated rings. The molecule has 0 saturated carbocycles. The van der Waals surface area contributed by atoms with Gasteiger partial charge in [-0.3, -0.25) is 0 Å². The number of esters is 1. The summed E-state index contributed by atoms with van der Waals surface area (Å²) in [7, 11) is 2.17. The van der Waals surface area contributed by atoms with Gasteiger partial charge in [-0.25, -0.2) is 9.78 Å². The molecule has 110 valence electrons. The zero-order chi connectivity index (χ0) is 14.4. The summed E-state index contributed by atoms with van der Waals surface area (Å²) in [6, 6.07) is 4.14. The average molecular weight is 277 g/mol. The van der Waals surface area contributed by atoms with E-state index in [0.717, 1.165) is 12.4 Å². The summed E-state index contributed by atoms with van der Waals surface area (Å²) in [5.41, 5.74) is 0.493. The number of nitrogens with zero attached hydrogens (tertiary/aromatic N) is 2. The Balaban J connectivity index is 1.85. The minimum atomic E-state index is -0.321. The highest BCUT2D eigenvalue weighted by molar-refractivity contribution is 5.89. The first-order valence-corrected chi connectivity index (χ1v) is 7.28. The molecule has 2 rings (SSSR count). The number of likely N-dealkylation sites (N-methyl/N-ethyl adjacent to an activating group) is 1. The van der Waals surface area contributed by atoms with Crippen molar-refractivity contribution in [2.45, 2.75) is 32.2 Å². The van der Waals surface area contributed by atoms with E-state index < -0.39 is 0 Å². The molecule has 20 heavy (non-hydrogen) atoms. The van der Waals surface area contributed by atoms with Crippen molar-refractivity contribution in [3.63, 3.8) is 0 Å². The Morgan fingerprint density at radius 1 is 1.50 bits per heavy atom. The van der Waals surface area contributed by atoms with Crippen molar-refractivity contribution in [1.29, 1.82) is 0 Å². The van der Waals surface area contributed by atoms with Crippen LogP contribution in [0.3, 0.4) is 0 Å². The van der Waals surface area contributed by atoms with Gasteiger partial charge in [0, 0.05) is 18.8 Å². The molecule has 1 saturated heterocycles. The van der Waals surface area contributed by atoms with E-state index in [2.05, 4.69) is 22.2 Å². The van der Waals surface area contributed by atoms with Crippen molar-refractivity contribution in [2.24, 2.45) is 0 Å². The standard InChI is InChI=1S/C15H23N3O2/c1-3-20-15(19)12-7-8-14(16-10-12)17-11-13-6-4-5-9-18(13)2/h7-8,10,13H,3-6,9,11H2,1-2H3,(H,16,17). The number of anilines is 1. The van der Waals surface area contributed by atoms with Gasteiger partial charge in [0.2, 0.25) is 0 Å². The molecule has 0 bridgehead atoms. The summed E-state index contributed by atoms with van der Waals surface area (Å²) in [5, 5.41) is 3.34. The molecule has 1 aromatic rings. The van der Waals surface area contributed by atoms with Crippen molar-refractivity contribution >= 4 is 11.8 Å². The van der Waals surface area contributed by atoms with Crippen LogP contribution in [0.1, 0.15) is 36.5 Å². The molecular formula is C15H23N3O2. The van der Waals surface area contributed by atoms with Crippen LogP contribution in [0.15, 0.2) is 18.3 Å². The number of carbonyl (C=O) groups excluding carboxylic acids is 1. The summed E-state index contributed by atoms with van der Waals surface area (Å²) >= 11 is 0. The Hall–Kier alpha value is -1.62. The highest BCUT2D eigenvalue weighted by Gasteiger charge is 2.18. The summed E-state index contributed by atoms with van der Waals surface area (Å²) in [5.74, 6) is 0.482. The number of ether oxygens (including phenoxy) is 1. The number of hydrogen-bond donors (Lipinski definition) is 1. The molecule has 5 heteroatoms. The fourth-order valence-corrected chi connectivity index (χ4v) is 2.46. The number of piperidine rings is 1. The first-order chi connectivity index (χ1) is 9.70. The van der Waals surface area contributed by atoms with E-state index in [1.165, 1.54) is 25.8 Å². The van der Waals surface area contributed by atoms with Gasteiger partial charge >= 0.3 is 5.97 Å². The van der Waals surface area contributed by atoms with E-state index in [1.807, 2.05) is 6.07 Å². The third kappa shape index (κ3) is 3.93. The minimum Gasteiger partial charge on any atom is -0.462 e. The lowest BCUT2D eigenvalue weighted by molar-refractivity contribution is 0.0526. The maximum absolute atomic E-state index is 11.5.